The van der Waals surface area contributed by atoms with Crippen molar-refractivity contribution in [2.24, 2.45) is 0 Å². The Balaban J connectivity index is 3.00. The maximum atomic E-state index is 12.9. The average Bonchev–Trinajstić information content (AvgIpc) is 2.08. The van der Waals surface area contributed by atoms with E-state index in [1.165, 1.54) is 6.07 Å². The van der Waals surface area contributed by atoms with Crippen LogP contribution in [0, 0.1) is 11.6 Å². The Hall–Kier alpha value is -1.18. The molecule has 12 heavy (non-hydrogen) atoms. The van der Waals surface area contributed by atoms with Gasteiger partial charge in [0.25, 0.3) is 0 Å². The molecule has 0 spiro atoms. The van der Waals surface area contributed by atoms with Gasteiger partial charge in [0.1, 0.15) is 0 Å². The molecule has 0 bridgehead atoms. The summed E-state index contributed by atoms with van der Waals surface area (Å²) in [5, 5.41) is 0. The largest absolute Gasteiger partial charge is 0.204 e. The lowest BCUT2D eigenvalue weighted by atomic mass is 10.2. The summed E-state index contributed by atoms with van der Waals surface area (Å²) in [6.45, 7) is 1.94. The van der Waals surface area contributed by atoms with E-state index in [9.17, 15) is 8.78 Å². The normalized spacial score (nSPS) is 10.9. The standard InChI is InChI=1S/C10H10F2/c1-2-3-5-8-6-4-7-9(11)10(8)12/h3-7H,2H2,1H3/b5-3+. The van der Waals surface area contributed by atoms with Crippen molar-refractivity contribution in [2.45, 2.75) is 13.3 Å². The van der Waals surface area contributed by atoms with Crippen LogP contribution in [0.1, 0.15) is 18.9 Å². The van der Waals surface area contributed by atoms with E-state index in [-0.39, 0.29) is 0 Å². The van der Waals surface area contributed by atoms with Gasteiger partial charge in [-0.3, -0.25) is 0 Å². The summed E-state index contributed by atoms with van der Waals surface area (Å²) in [6, 6.07) is 4.15. The monoisotopic (exact) mass is 168 g/mol. The zero-order valence-corrected chi connectivity index (χ0v) is 6.85. The van der Waals surface area contributed by atoms with Gasteiger partial charge in [-0.15, -0.1) is 0 Å². The van der Waals surface area contributed by atoms with Crippen molar-refractivity contribution in [2.75, 3.05) is 0 Å². The smallest absolute Gasteiger partial charge is 0.166 e. The summed E-state index contributed by atoms with van der Waals surface area (Å²) < 4.78 is 25.5. The molecule has 1 aromatic carbocycles. The number of allylic oxidation sites excluding steroid dienone is 1. The van der Waals surface area contributed by atoms with Gasteiger partial charge in [-0.05, 0) is 12.5 Å². The van der Waals surface area contributed by atoms with Crippen LogP contribution in [-0.4, -0.2) is 0 Å². The van der Waals surface area contributed by atoms with Crippen molar-refractivity contribution in [3.8, 4) is 0 Å². The molecule has 0 unspecified atom stereocenters. The van der Waals surface area contributed by atoms with E-state index in [1.54, 1.807) is 18.2 Å². The van der Waals surface area contributed by atoms with Gasteiger partial charge in [-0.2, -0.15) is 0 Å². The Bertz CT molecular complexity index is 290. The Morgan fingerprint density at radius 1 is 1.33 bits per heavy atom. The highest BCUT2D eigenvalue weighted by Gasteiger charge is 2.03. The van der Waals surface area contributed by atoms with Crippen molar-refractivity contribution in [1.82, 2.24) is 0 Å². The fourth-order valence-corrected chi connectivity index (χ4v) is 0.894. The minimum absolute atomic E-state index is 0.303. The van der Waals surface area contributed by atoms with Crippen molar-refractivity contribution >= 4 is 6.08 Å². The average molecular weight is 168 g/mol. The number of halogens is 2. The van der Waals surface area contributed by atoms with E-state index in [2.05, 4.69) is 0 Å². The minimum Gasteiger partial charge on any atom is -0.204 e. The lowest BCUT2D eigenvalue weighted by Crippen LogP contribution is -1.86. The predicted octanol–water partition coefficient (Wildman–Crippen LogP) is 3.39. The van der Waals surface area contributed by atoms with Crippen LogP contribution in [0.3, 0.4) is 0 Å². The van der Waals surface area contributed by atoms with Crippen LogP contribution in [0.5, 0.6) is 0 Å². The predicted molar refractivity (Wildman–Crippen MR) is 45.7 cm³/mol. The molecule has 0 nitrogen and oxygen atoms in total. The molecule has 0 heterocycles. The van der Waals surface area contributed by atoms with E-state index in [0.29, 0.717) is 5.56 Å². The molecule has 0 saturated heterocycles. The minimum atomic E-state index is -0.798. The number of hydrogen-bond donors (Lipinski definition) is 0. The molecule has 0 fully saturated rings. The molecular formula is C10H10F2. The Labute approximate surface area is 70.5 Å². The quantitative estimate of drug-likeness (QED) is 0.635. The first-order valence-electron chi connectivity index (χ1n) is 3.86. The Morgan fingerprint density at radius 2 is 2.08 bits per heavy atom. The molecule has 0 aliphatic heterocycles. The van der Waals surface area contributed by atoms with Crippen LogP contribution in [0.4, 0.5) is 8.78 Å². The molecule has 1 aromatic rings. The van der Waals surface area contributed by atoms with Crippen LogP contribution in [0.15, 0.2) is 24.3 Å². The first-order chi connectivity index (χ1) is 5.75. The third-order valence-electron chi connectivity index (χ3n) is 1.51. The zero-order valence-electron chi connectivity index (χ0n) is 6.85. The summed E-state index contributed by atoms with van der Waals surface area (Å²) in [4.78, 5) is 0. The fraction of sp³-hybridized carbons (Fsp3) is 0.200. The van der Waals surface area contributed by atoms with Crippen LogP contribution >= 0.6 is 0 Å². The molecule has 0 N–H and O–H groups in total. The van der Waals surface area contributed by atoms with E-state index < -0.39 is 11.6 Å². The highest BCUT2D eigenvalue weighted by atomic mass is 19.2. The van der Waals surface area contributed by atoms with Crippen LogP contribution < -0.4 is 0 Å². The number of benzene rings is 1. The molecule has 0 saturated carbocycles. The van der Waals surface area contributed by atoms with Gasteiger partial charge >= 0.3 is 0 Å². The topological polar surface area (TPSA) is 0 Å². The van der Waals surface area contributed by atoms with Crippen LogP contribution in [-0.2, 0) is 0 Å². The fourth-order valence-electron chi connectivity index (χ4n) is 0.894. The second-order valence-electron chi connectivity index (χ2n) is 2.45. The molecule has 0 aromatic heterocycles. The molecule has 0 atom stereocenters. The SMILES string of the molecule is CC/C=C/c1cccc(F)c1F. The molecule has 1 rings (SSSR count). The van der Waals surface area contributed by atoms with Crippen molar-refractivity contribution in [3.63, 3.8) is 0 Å². The first-order valence-corrected chi connectivity index (χ1v) is 3.86. The lowest BCUT2D eigenvalue weighted by Gasteiger charge is -1.96. The third-order valence-corrected chi connectivity index (χ3v) is 1.51. The molecule has 2 heteroatoms. The zero-order chi connectivity index (χ0) is 8.97. The van der Waals surface area contributed by atoms with E-state index in [4.69, 9.17) is 0 Å². The maximum Gasteiger partial charge on any atom is 0.166 e. The number of hydrogen-bond acceptors (Lipinski definition) is 0. The van der Waals surface area contributed by atoms with E-state index in [1.807, 2.05) is 6.92 Å². The highest BCUT2D eigenvalue weighted by molar-refractivity contribution is 5.49. The van der Waals surface area contributed by atoms with Gasteiger partial charge in [-0.1, -0.05) is 31.2 Å². The molecule has 64 valence electrons. The molecule has 0 aliphatic carbocycles. The summed E-state index contributed by atoms with van der Waals surface area (Å²) >= 11 is 0. The summed E-state index contributed by atoms with van der Waals surface area (Å²) in [5.41, 5.74) is 0.303. The molecule has 0 aliphatic rings. The van der Waals surface area contributed by atoms with Gasteiger partial charge in [-0.25, -0.2) is 8.78 Å². The van der Waals surface area contributed by atoms with Gasteiger partial charge < -0.3 is 0 Å². The molecule has 0 amide bonds. The van der Waals surface area contributed by atoms with E-state index in [0.717, 1.165) is 12.5 Å². The van der Waals surface area contributed by atoms with Crippen molar-refractivity contribution in [1.29, 1.82) is 0 Å². The second kappa shape index (κ2) is 4.00. The summed E-state index contributed by atoms with van der Waals surface area (Å²) in [6.07, 6.45) is 4.19. The van der Waals surface area contributed by atoms with Crippen molar-refractivity contribution in [3.05, 3.63) is 41.5 Å². The van der Waals surface area contributed by atoms with Gasteiger partial charge in [0.2, 0.25) is 0 Å². The van der Waals surface area contributed by atoms with Gasteiger partial charge in [0.05, 0.1) is 0 Å². The number of rotatable bonds is 2. The van der Waals surface area contributed by atoms with E-state index >= 15 is 0 Å². The molecule has 0 radical (unpaired) electrons. The van der Waals surface area contributed by atoms with Crippen LogP contribution in [0.2, 0.25) is 0 Å². The van der Waals surface area contributed by atoms with Crippen LogP contribution in [0.25, 0.3) is 6.08 Å². The van der Waals surface area contributed by atoms with Crippen molar-refractivity contribution < 1.29 is 8.78 Å². The second-order valence-corrected chi connectivity index (χ2v) is 2.45. The Morgan fingerprint density at radius 3 is 2.75 bits per heavy atom. The maximum absolute atomic E-state index is 12.9. The Kier molecular flexibility index (Phi) is 2.97. The van der Waals surface area contributed by atoms with Gasteiger partial charge in [0, 0.05) is 5.56 Å². The van der Waals surface area contributed by atoms with Gasteiger partial charge in [0.15, 0.2) is 11.6 Å². The highest BCUT2D eigenvalue weighted by Crippen LogP contribution is 2.12. The lowest BCUT2D eigenvalue weighted by molar-refractivity contribution is 0.507. The summed E-state index contributed by atoms with van der Waals surface area (Å²) in [7, 11) is 0. The molecular weight excluding hydrogens is 158 g/mol. The summed E-state index contributed by atoms with van der Waals surface area (Å²) in [5.74, 6) is -1.57. The first kappa shape index (κ1) is 8.91. The third kappa shape index (κ3) is 1.91.